The van der Waals surface area contributed by atoms with Crippen molar-refractivity contribution in [1.82, 2.24) is 19.8 Å². The van der Waals surface area contributed by atoms with Crippen LogP contribution in [0.5, 0.6) is 11.5 Å². The number of benzene rings is 1. The number of hydrogen-bond donors (Lipinski definition) is 2. The summed E-state index contributed by atoms with van der Waals surface area (Å²) < 4.78 is 63.5. The number of nitrogens with zero attached hydrogens (tertiary/aromatic N) is 5. The first-order valence-electron chi connectivity index (χ1n) is 29.9. The maximum atomic E-state index is 15.5. The Morgan fingerprint density at radius 2 is 1.64 bits per heavy atom. The van der Waals surface area contributed by atoms with Crippen LogP contribution in [-0.4, -0.2) is 183 Å². The number of carbonyl (C=O) groups excluding carboxylic acids is 4. The molecule has 9 rings (SSSR count). The number of halogens is 3. The minimum Gasteiger partial charge on any atom is -0.493 e. The molecule has 2 aromatic heterocycles. The monoisotopic (exact) mass is 1350 g/mol. The standard InChI is InChI=1S/C62H84Cl2IN5O16/c1-33-24-45(68(9)55(74)38-16-14-21-66-28-38)50(72)57(80-33)84-54-35(3)51(83-48-27-60(6,78-11)53(73)37(5)81-48)36(4)56(75)85-58(65)62(8)52(34(2)49(71)39-26-61(54,7)79-32-39)70(59(76)86-62)23-15-22-69(31-42-43(63)29-67-30-44(42)64)40-19-20-46(77-10)47(25-40)82-41-17-12-13-18-41/h14,16,19-21,25,28-30,33-37,39,41,45,48,50-54,57-58,72-73H,12-13,15,17-18,22-24,26-27,31-32H2,1-11H3/t33-,34+,35+,36-,37+,39+,45+,48+,50-,51+,52-,53+,54-,57+,58+,60-,61-,62+/m1/s1. The molecule has 24 heteroatoms. The number of ether oxygens (including phenoxy) is 10. The molecule has 21 nitrogen and oxygen atoms in total. The van der Waals surface area contributed by atoms with E-state index in [-0.39, 0.29) is 56.8 Å². The molecule has 7 heterocycles. The molecule has 5 saturated heterocycles. The van der Waals surface area contributed by atoms with E-state index >= 15 is 9.59 Å². The fourth-order valence-electron chi connectivity index (χ4n) is 13.8. The molecule has 1 aliphatic carbocycles. The SMILES string of the molecule is COc1ccc(N(CCCN2C(=O)O[C@]3(C)[C@@H](I)OC(=O)[C@H](C)[C@@H](O[C@H]4C[C@@](C)(OC)[C@@H](O)[C@H](C)O4)[C@H](C)[C@@H](O[C@@H]4O[C@H](C)C[C@H](N(C)C(=O)c5cccnc5)[C@H]4O)[C@@]4(C)C[C@@H](CO4)C(=O)[C@H](C)[C@@H]23)Cc2c(Cl)cncc2Cl)cc1OC1CCCC1. The minimum absolute atomic E-state index is 0.0408. The third-order valence-electron chi connectivity index (χ3n) is 18.8. The van der Waals surface area contributed by atoms with Crippen LogP contribution in [0.25, 0.3) is 0 Å². The van der Waals surface area contributed by atoms with E-state index in [1.165, 1.54) is 18.2 Å². The Hall–Kier alpha value is -4.21. The number of pyridine rings is 2. The summed E-state index contributed by atoms with van der Waals surface area (Å²) >= 11 is 15.5. The highest BCUT2D eigenvalue weighted by Gasteiger charge is 2.62. The predicted octanol–water partition coefficient (Wildman–Crippen LogP) is 8.99. The summed E-state index contributed by atoms with van der Waals surface area (Å²) in [4.78, 5) is 72.6. The summed E-state index contributed by atoms with van der Waals surface area (Å²) in [6.45, 7) is 14.8. The van der Waals surface area contributed by atoms with Crippen molar-refractivity contribution < 1.29 is 76.8 Å². The summed E-state index contributed by atoms with van der Waals surface area (Å²) in [5.41, 5.74) is -2.25. The van der Waals surface area contributed by atoms with Crippen molar-refractivity contribution in [3.05, 3.63) is 76.3 Å². The van der Waals surface area contributed by atoms with Crippen molar-refractivity contribution >= 4 is 75.2 Å². The molecular weight excluding hydrogens is 1270 g/mol. The number of fused-ring (bicyclic) bond motifs is 3. The van der Waals surface area contributed by atoms with Crippen LogP contribution in [0.15, 0.2) is 55.1 Å². The molecule has 86 heavy (non-hydrogen) atoms. The van der Waals surface area contributed by atoms with Gasteiger partial charge in [0.15, 0.2) is 33.8 Å². The number of ketones is 1. The molecule has 2 bridgehead atoms. The molecule has 1 aromatic carbocycles. The van der Waals surface area contributed by atoms with Crippen LogP contribution in [0, 0.1) is 23.7 Å². The van der Waals surface area contributed by atoms with Crippen molar-refractivity contribution in [3.63, 3.8) is 0 Å². The molecule has 2 amide bonds. The van der Waals surface area contributed by atoms with Crippen LogP contribution < -0.4 is 14.4 Å². The van der Waals surface area contributed by atoms with Crippen LogP contribution in [0.4, 0.5) is 10.5 Å². The molecule has 18 atom stereocenters. The van der Waals surface area contributed by atoms with Gasteiger partial charge in [0.25, 0.3) is 5.91 Å². The van der Waals surface area contributed by atoms with Gasteiger partial charge in [-0.05, 0) is 133 Å². The van der Waals surface area contributed by atoms with Crippen molar-refractivity contribution in [1.29, 1.82) is 0 Å². The Morgan fingerprint density at radius 1 is 0.919 bits per heavy atom. The molecule has 0 spiro atoms. The number of rotatable bonds is 17. The Balaban J connectivity index is 1.04. The number of amides is 2. The highest BCUT2D eigenvalue weighted by Crippen LogP contribution is 2.48. The van der Waals surface area contributed by atoms with Crippen LogP contribution in [0.3, 0.4) is 0 Å². The second-order valence-corrected chi connectivity index (χ2v) is 26.8. The Bertz CT molecular complexity index is 2860. The van der Waals surface area contributed by atoms with Crippen LogP contribution in [-0.2, 0) is 54.0 Å². The smallest absolute Gasteiger partial charge is 0.410 e. The maximum Gasteiger partial charge on any atom is 0.410 e. The number of alkyl halides is 1. The maximum absolute atomic E-state index is 15.5. The normalized spacial score (nSPS) is 36.2. The van der Waals surface area contributed by atoms with Gasteiger partial charge < -0.3 is 72.3 Å². The zero-order valence-corrected chi connectivity index (χ0v) is 54.6. The third-order valence-corrected chi connectivity index (χ3v) is 21.0. The van der Waals surface area contributed by atoms with Gasteiger partial charge in [-0.2, -0.15) is 0 Å². The highest BCUT2D eigenvalue weighted by atomic mass is 127. The number of aliphatic hydroxyl groups excluding tert-OH is 2. The second kappa shape index (κ2) is 27.5. The lowest BCUT2D eigenvalue weighted by molar-refractivity contribution is -0.316. The molecule has 2 N–H and O–H groups in total. The van der Waals surface area contributed by atoms with Gasteiger partial charge in [0, 0.05) is 100 Å². The van der Waals surface area contributed by atoms with Crippen molar-refractivity contribution in [2.24, 2.45) is 23.7 Å². The number of aromatic nitrogens is 2. The number of methoxy groups -OCH3 is 2. The molecule has 0 unspecified atom stereocenters. The summed E-state index contributed by atoms with van der Waals surface area (Å²) in [6, 6.07) is 7.31. The van der Waals surface area contributed by atoms with E-state index in [0.29, 0.717) is 45.6 Å². The van der Waals surface area contributed by atoms with Crippen LogP contribution in [0.2, 0.25) is 10.0 Å². The fraction of sp³-hybridized carbons (Fsp3) is 0.677. The first kappa shape index (κ1) is 66.2. The van der Waals surface area contributed by atoms with Crippen LogP contribution in [0.1, 0.15) is 123 Å². The molecule has 0 radical (unpaired) electrons. The number of hydrogen-bond acceptors (Lipinski definition) is 19. The number of anilines is 1. The lowest BCUT2D eigenvalue weighted by atomic mass is 9.75. The van der Waals surface area contributed by atoms with Gasteiger partial charge in [0.1, 0.15) is 18.0 Å². The summed E-state index contributed by atoms with van der Waals surface area (Å²) in [5.74, 6) is -3.69. The Kier molecular flexibility index (Phi) is 21.2. The van der Waals surface area contributed by atoms with Crippen LogP contribution >= 0.6 is 45.8 Å². The van der Waals surface area contributed by atoms with Gasteiger partial charge in [-0.25, -0.2) is 4.79 Å². The average Bonchev–Trinajstić information content (AvgIpc) is 1.60. The highest BCUT2D eigenvalue weighted by molar-refractivity contribution is 14.1. The topological polar surface area (TPSA) is 237 Å². The van der Waals surface area contributed by atoms with E-state index < -0.39 is 118 Å². The number of Topliss-reactive ketones (excluding diaryl/α,β-unsaturated/α-hetero) is 1. The quantitative estimate of drug-likeness (QED) is 0.0728. The summed E-state index contributed by atoms with van der Waals surface area (Å²) in [7, 11) is 4.71. The van der Waals surface area contributed by atoms with Gasteiger partial charge >= 0.3 is 12.1 Å². The first-order chi connectivity index (χ1) is 40.8. The lowest BCUT2D eigenvalue weighted by Crippen LogP contribution is -2.61. The molecule has 3 aromatic rings. The second-order valence-electron chi connectivity index (χ2n) is 24.9. The fourth-order valence-corrected chi connectivity index (χ4v) is 15.0. The third kappa shape index (κ3) is 13.8. The summed E-state index contributed by atoms with van der Waals surface area (Å²) in [6.07, 6.45) is 2.05. The lowest BCUT2D eigenvalue weighted by Gasteiger charge is -2.49. The van der Waals surface area contributed by atoms with Crippen molar-refractivity contribution in [3.8, 4) is 11.5 Å². The van der Waals surface area contributed by atoms with Gasteiger partial charge in [-0.15, -0.1) is 0 Å². The van der Waals surface area contributed by atoms with E-state index in [0.717, 1.165) is 31.4 Å². The molecule has 1 saturated carbocycles. The Morgan fingerprint density at radius 3 is 2.31 bits per heavy atom. The van der Waals surface area contributed by atoms with E-state index in [4.69, 9.17) is 70.6 Å². The molecule has 5 aliphatic heterocycles. The minimum atomic E-state index is -1.57. The van der Waals surface area contributed by atoms with E-state index in [9.17, 15) is 19.8 Å². The van der Waals surface area contributed by atoms with Gasteiger partial charge in [0.05, 0.1) is 89.0 Å². The zero-order chi connectivity index (χ0) is 62.2. The first-order valence-corrected chi connectivity index (χ1v) is 31.9. The van der Waals surface area contributed by atoms with Crippen molar-refractivity contribution in [2.75, 3.05) is 45.9 Å². The molecular formula is C62H84Cl2IN5O16. The number of likely N-dealkylation sites (N-methyl/N-ethyl adjacent to an activating group) is 1. The number of carbonyl (C=O) groups is 4. The molecule has 474 valence electrons. The van der Waals surface area contributed by atoms with E-state index in [2.05, 4.69) is 14.9 Å². The van der Waals surface area contributed by atoms with Gasteiger partial charge in [-0.3, -0.25) is 24.4 Å². The summed E-state index contributed by atoms with van der Waals surface area (Å²) in [5, 5.41) is 24.3. The molecule has 6 fully saturated rings. The van der Waals surface area contributed by atoms with E-state index in [1.54, 1.807) is 84.4 Å². The van der Waals surface area contributed by atoms with Crippen molar-refractivity contribution in [2.45, 2.75) is 202 Å². The number of esters is 1. The van der Waals surface area contributed by atoms with Gasteiger partial charge in [0.2, 0.25) is 0 Å². The number of cyclic esters (lactones) is 1. The molecule has 6 aliphatic rings. The van der Waals surface area contributed by atoms with Gasteiger partial charge in [-0.1, -0.05) is 37.0 Å². The largest absolute Gasteiger partial charge is 0.493 e. The average molecular weight is 1350 g/mol. The zero-order valence-electron chi connectivity index (χ0n) is 50.9. The predicted molar refractivity (Wildman–Crippen MR) is 325 cm³/mol. The Labute approximate surface area is 527 Å². The van der Waals surface area contributed by atoms with E-state index in [1.807, 2.05) is 61.6 Å². The number of aliphatic hydroxyl groups is 2.